The number of aromatic nitrogens is 2. The van der Waals surface area contributed by atoms with Gasteiger partial charge in [0.15, 0.2) is 0 Å². The normalized spacial score (nSPS) is 21.1. The van der Waals surface area contributed by atoms with Gasteiger partial charge in [0.1, 0.15) is 11.5 Å². The number of nitrogens with zero attached hydrogens (tertiary/aromatic N) is 3. The van der Waals surface area contributed by atoms with E-state index >= 15 is 0 Å². The summed E-state index contributed by atoms with van der Waals surface area (Å²) in [5.74, 6) is 0.439. The lowest BCUT2D eigenvalue weighted by atomic mass is 10.0. The van der Waals surface area contributed by atoms with Gasteiger partial charge in [-0.3, -0.25) is 9.48 Å². The molecular weight excluding hydrogens is 204 g/mol. The molecule has 5 heteroatoms. The van der Waals surface area contributed by atoms with E-state index in [-0.39, 0.29) is 5.91 Å². The summed E-state index contributed by atoms with van der Waals surface area (Å²) in [5.41, 5.74) is 6.15. The fourth-order valence-corrected chi connectivity index (χ4v) is 2.24. The van der Waals surface area contributed by atoms with E-state index in [4.69, 9.17) is 5.73 Å². The fourth-order valence-electron chi connectivity index (χ4n) is 2.24. The highest BCUT2D eigenvalue weighted by Gasteiger charge is 2.26. The topological polar surface area (TPSA) is 64.2 Å². The van der Waals surface area contributed by atoms with Crippen LogP contribution in [0.5, 0.6) is 0 Å². The minimum absolute atomic E-state index is 0.0406. The minimum Gasteiger partial charge on any atom is -0.382 e. The van der Waals surface area contributed by atoms with Crippen LogP contribution in [0.3, 0.4) is 0 Å². The van der Waals surface area contributed by atoms with Crippen molar-refractivity contribution in [3.63, 3.8) is 0 Å². The molecule has 88 valence electrons. The van der Waals surface area contributed by atoms with Crippen LogP contribution >= 0.6 is 0 Å². The molecule has 1 fully saturated rings. The number of nitrogen functional groups attached to an aromatic ring is 1. The Morgan fingerprint density at radius 3 is 2.88 bits per heavy atom. The molecule has 1 atom stereocenters. The van der Waals surface area contributed by atoms with Crippen LogP contribution in [0.4, 0.5) is 5.82 Å². The van der Waals surface area contributed by atoms with Crippen LogP contribution in [0, 0.1) is 0 Å². The van der Waals surface area contributed by atoms with Gasteiger partial charge in [0.25, 0.3) is 5.91 Å². The second kappa shape index (κ2) is 4.15. The third-order valence-electron chi connectivity index (χ3n) is 3.18. The van der Waals surface area contributed by atoms with Gasteiger partial charge < -0.3 is 10.6 Å². The van der Waals surface area contributed by atoms with Crippen molar-refractivity contribution in [2.75, 3.05) is 12.3 Å². The van der Waals surface area contributed by atoms with Crippen molar-refractivity contribution in [2.24, 2.45) is 7.05 Å². The molecule has 1 aliphatic rings. The van der Waals surface area contributed by atoms with Gasteiger partial charge in [0.2, 0.25) is 0 Å². The van der Waals surface area contributed by atoms with Gasteiger partial charge in [-0.1, -0.05) is 0 Å². The quantitative estimate of drug-likeness (QED) is 0.771. The third-order valence-corrected chi connectivity index (χ3v) is 3.18. The van der Waals surface area contributed by atoms with Crippen LogP contribution in [0.25, 0.3) is 0 Å². The molecule has 1 amide bonds. The largest absolute Gasteiger partial charge is 0.382 e. The molecule has 0 unspecified atom stereocenters. The number of aryl methyl sites for hydroxylation is 1. The Labute approximate surface area is 95.2 Å². The van der Waals surface area contributed by atoms with Crippen molar-refractivity contribution in [1.29, 1.82) is 0 Å². The SMILES string of the molecule is C[C@H]1CCCCN1C(=O)c1cc(N)nn1C. The van der Waals surface area contributed by atoms with Crippen molar-refractivity contribution in [3.05, 3.63) is 11.8 Å². The van der Waals surface area contributed by atoms with Crippen LogP contribution < -0.4 is 5.73 Å². The summed E-state index contributed by atoms with van der Waals surface area (Å²) in [6.45, 7) is 2.93. The molecule has 0 aromatic carbocycles. The van der Waals surface area contributed by atoms with Gasteiger partial charge in [-0.2, -0.15) is 5.10 Å². The number of hydrogen-bond acceptors (Lipinski definition) is 3. The molecule has 2 heterocycles. The average Bonchev–Trinajstić information content (AvgIpc) is 2.58. The second-order valence-corrected chi connectivity index (χ2v) is 4.42. The summed E-state index contributed by atoms with van der Waals surface area (Å²) in [5, 5.41) is 4.00. The van der Waals surface area contributed by atoms with E-state index in [9.17, 15) is 4.79 Å². The van der Waals surface area contributed by atoms with E-state index in [1.165, 1.54) is 6.42 Å². The average molecular weight is 222 g/mol. The van der Waals surface area contributed by atoms with E-state index in [0.29, 0.717) is 17.6 Å². The summed E-state index contributed by atoms with van der Waals surface area (Å²) in [6.07, 6.45) is 3.38. The Morgan fingerprint density at radius 2 is 2.31 bits per heavy atom. The zero-order valence-electron chi connectivity index (χ0n) is 9.81. The van der Waals surface area contributed by atoms with E-state index in [2.05, 4.69) is 12.0 Å². The number of nitrogens with two attached hydrogens (primary N) is 1. The molecule has 16 heavy (non-hydrogen) atoms. The first-order valence-corrected chi connectivity index (χ1v) is 5.70. The summed E-state index contributed by atoms with van der Waals surface area (Å²) in [4.78, 5) is 14.2. The number of hydrogen-bond donors (Lipinski definition) is 1. The van der Waals surface area contributed by atoms with Crippen LogP contribution in [-0.2, 0) is 7.05 Å². The van der Waals surface area contributed by atoms with Crippen LogP contribution in [0.2, 0.25) is 0 Å². The van der Waals surface area contributed by atoms with Gasteiger partial charge in [-0.25, -0.2) is 0 Å². The Kier molecular flexibility index (Phi) is 2.85. The highest BCUT2D eigenvalue weighted by Crippen LogP contribution is 2.19. The predicted octanol–water partition coefficient (Wildman–Crippen LogP) is 1.02. The molecule has 1 aromatic heterocycles. The molecule has 2 N–H and O–H groups in total. The monoisotopic (exact) mass is 222 g/mol. The number of carbonyl (C=O) groups excluding carboxylic acids is 1. The van der Waals surface area contributed by atoms with Gasteiger partial charge in [0, 0.05) is 25.7 Å². The second-order valence-electron chi connectivity index (χ2n) is 4.42. The van der Waals surface area contributed by atoms with Crippen LogP contribution in [-0.4, -0.2) is 33.2 Å². The van der Waals surface area contributed by atoms with Crippen molar-refractivity contribution in [2.45, 2.75) is 32.2 Å². The van der Waals surface area contributed by atoms with Crippen LogP contribution in [0.1, 0.15) is 36.7 Å². The standard InChI is InChI=1S/C11H18N4O/c1-8-5-3-4-6-15(8)11(16)9-7-10(12)13-14(9)2/h7-8H,3-6H2,1-2H3,(H2,12,13)/t8-/m0/s1. The fraction of sp³-hybridized carbons (Fsp3) is 0.636. The maximum absolute atomic E-state index is 12.3. The molecule has 2 rings (SSSR count). The summed E-state index contributed by atoms with van der Waals surface area (Å²) in [6, 6.07) is 1.96. The molecule has 1 aromatic rings. The molecule has 0 radical (unpaired) electrons. The maximum Gasteiger partial charge on any atom is 0.272 e. The maximum atomic E-state index is 12.3. The first kappa shape index (κ1) is 11.0. The molecule has 0 saturated carbocycles. The van der Waals surface area contributed by atoms with Gasteiger partial charge in [-0.05, 0) is 26.2 Å². The number of amides is 1. The van der Waals surface area contributed by atoms with E-state index < -0.39 is 0 Å². The predicted molar refractivity (Wildman–Crippen MR) is 62.0 cm³/mol. The van der Waals surface area contributed by atoms with Gasteiger partial charge >= 0.3 is 0 Å². The molecule has 5 nitrogen and oxygen atoms in total. The summed E-state index contributed by atoms with van der Waals surface area (Å²) >= 11 is 0. The molecule has 0 bridgehead atoms. The minimum atomic E-state index is 0.0406. The lowest BCUT2D eigenvalue weighted by Crippen LogP contribution is -2.42. The molecule has 1 saturated heterocycles. The highest BCUT2D eigenvalue weighted by atomic mass is 16.2. The molecular formula is C11H18N4O. The lowest BCUT2D eigenvalue weighted by molar-refractivity contribution is 0.0624. The zero-order valence-corrected chi connectivity index (χ0v) is 9.81. The van der Waals surface area contributed by atoms with E-state index in [0.717, 1.165) is 19.4 Å². The van der Waals surface area contributed by atoms with Crippen molar-refractivity contribution in [3.8, 4) is 0 Å². The summed E-state index contributed by atoms with van der Waals surface area (Å²) in [7, 11) is 1.75. The lowest BCUT2D eigenvalue weighted by Gasteiger charge is -2.33. The first-order chi connectivity index (χ1) is 7.59. The van der Waals surface area contributed by atoms with Crippen molar-refractivity contribution >= 4 is 11.7 Å². The van der Waals surface area contributed by atoms with E-state index in [1.54, 1.807) is 17.8 Å². The van der Waals surface area contributed by atoms with Crippen LogP contribution in [0.15, 0.2) is 6.07 Å². The van der Waals surface area contributed by atoms with Crippen molar-refractivity contribution in [1.82, 2.24) is 14.7 Å². The Hall–Kier alpha value is -1.52. The van der Waals surface area contributed by atoms with E-state index in [1.807, 2.05) is 4.90 Å². The Bertz CT molecular complexity index is 399. The van der Waals surface area contributed by atoms with Crippen molar-refractivity contribution < 1.29 is 4.79 Å². The highest BCUT2D eigenvalue weighted by molar-refractivity contribution is 5.93. The Morgan fingerprint density at radius 1 is 1.56 bits per heavy atom. The number of rotatable bonds is 1. The van der Waals surface area contributed by atoms with Gasteiger partial charge in [-0.15, -0.1) is 0 Å². The van der Waals surface area contributed by atoms with Gasteiger partial charge in [0.05, 0.1) is 0 Å². The number of carbonyl (C=O) groups is 1. The Balaban J connectivity index is 2.21. The third kappa shape index (κ3) is 1.89. The number of piperidine rings is 1. The summed E-state index contributed by atoms with van der Waals surface area (Å²) < 4.78 is 1.55. The number of anilines is 1. The molecule has 0 spiro atoms. The molecule has 1 aliphatic heterocycles. The number of likely N-dealkylation sites (tertiary alicyclic amines) is 1. The smallest absolute Gasteiger partial charge is 0.272 e. The first-order valence-electron chi connectivity index (χ1n) is 5.70. The molecule has 0 aliphatic carbocycles. The zero-order chi connectivity index (χ0) is 11.7.